The smallest absolute Gasteiger partial charge is 0.255 e. The van der Waals surface area contributed by atoms with Crippen LogP contribution in [0.3, 0.4) is 0 Å². The van der Waals surface area contributed by atoms with Crippen molar-refractivity contribution in [3.05, 3.63) is 76.3 Å². The van der Waals surface area contributed by atoms with E-state index in [4.69, 9.17) is 0 Å². The molecule has 0 radical (unpaired) electrons. The number of aromatic nitrogens is 3. The molecule has 4 rings (SSSR count). The molecule has 0 saturated carbocycles. The number of amides is 1. The van der Waals surface area contributed by atoms with Gasteiger partial charge in [-0.25, -0.2) is 14.1 Å². The predicted octanol–water partition coefficient (Wildman–Crippen LogP) is 4.17. The molecule has 0 unspecified atom stereocenters. The van der Waals surface area contributed by atoms with Gasteiger partial charge in [-0.05, 0) is 50.2 Å². The highest BCUT2D eigenvalue weighted by atomic mass is 32.1. The standard InChI is InChI=1S/C20H17FN4OS/c1-12-19(13(2)25(24-12)15-9-7-14(21)8-10-15)20(26)22-11-18-23-16-5-3-4-6-17(16)27-18/h3-10H,11H2,1-2H3,(H,22,26). The lowest BCUT2D eigenvalue weighted by Crippen LogP contribution is -2.24. The number of carbonyl (C=O) groups excluding carboxylic acids is 1. The third kappa shape index (κ3) is 3.33. The molecule has 0 fully saturated rings. The van der Waals surface area contributed by atoms with Crippen LogP contribution in [0.15, 0.2) is 48.5 Å². The Balaban J connectivity index is 1.55. The molecule has 0 aliphatic carbocycles. The van der Waals surface area contributed by atoms with Gasteiger partial charge in [-0.15, -0.1) is 11.3 Å². The minimum Gasteiger partial charge on any atom is -0.345 e. The van der Waals surface area contributed by atoms with Crippen molar-refractivity contribution in [3.63, 3.8) is 0 Å². The first-order valence-electron chi connectivity index (χ1n) is 8.48. The Bertz CT molecular complexity index is 1100. The molecule has 4 aromatic rings. The quantitative estimate of drug-likeness (QED) is 0.578. The first-order chi connectivity index (χ1) is 13.0. The van der Waals surface area contributed by atoms with Gasteiger partial charge in [0.1, 0.15) is 10.8 Å². The summed E-state index contributed by atoms with van der Waals surface area (Å²) in [7, 11) is 0. The predicted molar refractivity (Wildman–Crippen MR) is 104 cm³/mol. The van der Waals surface area contributed by atoms with E-state index in [0.29, 0.717) is 29.2 Å². The summed E-state index contributed by atoms with van der Waals surface area (Å²) < 4.78 is 15.9. The Morgan fingerprint density at radius 3 is 2.63 bits per heavy atom. The molecule has 0 saturated heterocycles. The zero-order valence-corrected chi connectivity index (χ0v) is 15.7. The van der Waals surface area contributed by atoms with Gasteiger partial charge in [0.05, 0.1) is 39.4 Å². The van der Waals surface area contributed by atoms with E-state index in [-0.39, 0.29) is 11.7 Å². The Morgan fingerprint density at radius 1 is 1.15 bits per heavy atom. The van der Waals surface area contributed by atoms with Gasteiger partial charge in [0.25, 0.3) is 5.91 Å². The van der Waals surface area contributed by atoms with Crippen molar-refractivity contribution in [1.29, 1.82) is 0 Å². The summed E-state index contributed by atoms with van der Waals surface area (Å²) in [5, 5.41) is 8.22. The average Bonchev–Trinajstić information content (AvgIpc) is 3.20. The van der Waals surface area contributed by atoms with Crippen LogP contribution >= 0.6 is 11.3 Å². The molecule has 0 aliphatic rings. The van der Waals surface area contributed by atoms with Crippen LogP contribution in [0.5, 0.6) is 0 Å². The first-order valence-corrected chi connectivity index (χ1v) is 9.29. The van der Waals surface area contributed by atoms with Crippen molar-refractivity contribution in [2.75, 3.05) is 0 Å². The maximum Gasteiger partial charge on any atom is 0.255 e. The summed E-state index contributed by atoms with van der Waals surface area (Å²) in [6, 6.07) is 13.9. The lowest BCUT2D eigenvalue weighted by atomic mass is 10.2. The molecule has 2 aromatic carbocycles. The minimum absolute atomic E-state index is 0.197. The van der Waals surface area contributed by atoms with Gasteiger partial charge in [0, 0.05) is 0 Å². The number of nitrogens with zero attached hydrogens (tertiary/aromatic N) is 3. The molecule has 136 valence electrons. The van der Waals surface area contributed by atoms with Crippen molar-refractivity contribution < 1.29 is 9.18 Å². The van der Waals surface area contributed by atoms with Gasteiger partial charge < -0.3 is 5.32 Å². The van der Waals surface area contributed by atoms with Crippen LogP contribution in [0.4, 0.5) is 4.39 Å². The van der Waals surface area contributed by atoms with Crippen molar-refractivity contribution >= 4 is 27.5 Å². The van der Waals surface area contributed by atoms with Crippen LogP contribution in [-0.4, -0.2) is 20.7 Å². The summed E-state index contributed by atoms with van der Waals surface area (Å²) in [5.74, 6) is -0.508. The second kappa shape index (κ2) is 6.92. The summed E-state index contributed by atoms with van der Waals surface area (Å²) in [5.41, 5.74) is 3.51. The van der Waals surface area contributed by atoms with E-state index in [1.165, 1.54) is 12.1 Å². The normalized spacial score (nSPS) is 11.1. The summed E-state index contributed by atoms with van der Waals surface area (Å²) in [6.07, 6.45) is 0. The fourth-order valence-electron chi connectivity index (χ4n) is 3.04. The summed E-state index contributed by atoms with van der Waals surface area (Å²) >= 11 is 1.56. The van der Waals surface area contributed by atoms with E-state index in [9.17, 15) is 9.18 Å². The third-order valence-corrected chi connectivity index (χ3v) is 5.36. The molecule has 0 atom stereocenters. The number of rotatable bonds is 4. The van der Waals surface area contributed by atoms with Gasteiger partial charge in [0.2, 0.25) is 0 Å². The SMILES string of the molecule is Cc1nn(-c2ccc(F)cc2)c(C)c1C(=O)NCc1nc2ccccc2s1. The molecule has 2 aromatic heterocycles. The van der Waals surface area contributed by atoms with Crippen LogP contribution < -0.4 is 5.32 Å². The summed E-state index contributed by atoms with van der Waals surface area (Å²) in [6.45, 7) is 3.98. The Labute approximate surface area is 159 Å². The van der Waals surface area contributed by atoms with Crippen molar-refractivity contribution in [2.24, 2.45) is 0 Å². The molecule has 7 heteroatoms. The molecule has 1 N–H and O–H groups in total. The largest absolute Gasteiger partial charge is 0.345 e. The number of nitrogens with one attached hydrogen (secondary N) is 1. The second-order valence-corrected chi connectivity index (χ2v) is 7.31. The number of para-hydroxylation sites is 1. The van der Waals surface area contributed by atoms with Gasteiger partial charge in [-0.2, -0.15) is 5.10 Å². The van der Waals surface area contributed by atoms with Crippen LogP contribution in [0.1, 0.15) is 26.8 Å². The molecule has 5 nitrogen and oxygen atoms in total. The van der Waals surface area contributed by atoms with E-state index >= 15 is 0 Å². The van der Waals surface area contributed by atoms with Crippen molar-refractivity contribution in [1.82, 2.24) is 20.1 Å². The van der Waals surface area contributed by atoms with Crippen molar-refractivity contribution in [3.8, 4) is 5.69 Å². The van der Waals surface area contributed by atoms with E-state index < -0.39 is 0 Å². The molecular weight excluding hydrogens is 363 g/mol. The van der Waals surface area contributed by atoms with E-state index in [1.807, 2.05) is 31.2 Å². The van der Waals surface area contributed by atoms with Gasteiger partial charge in [-0.3, -0.25) is 4.79 Å². The monoisotopic (exact) mass is 380 g/mol. The molecule has 2 heterocycles. The highest BCUT2D eigenvalue weighted by Crippen LogP contribution is 2.22. The van der Waals surface area contributed by atoms with Crippen molar-refractivity contribution in [2.45, 2.75) is 20.4 Å². The fraction of sp³-hybridized carbons (Fsp3) is 0.150. The highest BCUT2D eigenvalue weighted by molar-refractivity contribution is 7.18. The van der Waals surface area contributed by atoms with Crippen LogP contribution in [0.25, 0.3) is 15.9 Å². The Kier molecular flexibility index (Phi) is 4.45. The minimum atomic E-state index is -0.311. The number of halogens is 1. The number of carbonyl (C=O) groups is 1. The molecular formula is C20H17FN4OS. The first kappa shape index (κ1) is 17.4. The van der Waals surface area contributed by atoms with Crippen LogP contribution in [0.2, 0.25) is 0 Å². The zero-order valence-electron chi connectivity index (χ0n) is 14.9. The number of hydrogen-bond acceptors (Lipinski definition) is 4. The van der Waals surface area contributed by atoms with E-state index in [2.05, 4.69) is 15.4 Å². The maximum atomic E-state index is 13.2. The molecule has 27 heavy (non-hydrogen) atoms. The third-order valence-electron chi connectivity index (χ3n) is 4.33. The zero-order chi connectivity index (χ0) is 19.0. The lowest BCUT2D eigenvalue weighted by Gasteiger charge is -2.06. The Morgan fingerprint density at radius 2 is 1.89 bits per heavy atom. The molecule has 0 spiro atoms. The number of hydrogen-bond donors (Lipinski definition) is 1. The topological polar surface area (TPSA) is 59.8 Å². The lowest BCUT2D eigenvalue weighted by molar-refractivity contribution is 0.0949. The second-order valence-electron chi connectivity index (χ2n) is 6.19. The summed E-state index contributed by atoms with van der Waals surface area (Å²) in [4.78, 5) is 17.3. The molecule has 0 bridgehead atoms. The molecule has 1 amide bonds. The number of thiazole rings is 1. The maximum absolute atomic E-state index is 13.2. The van der Waals surface area contributed by atoms with Gasteiger partial charge >= 0.3 is 0 Å². The Hall–Kier alpha value is -3.06. The number of benzene rings is 2. The van der Waals surface area contributed by atoms with E-state index in [0.717, 1.165) is 15.2 Å². The highest BCUT2D eigenvalue weighted by Gasteiger charge is 2.19. The fourth-order valence-corrected chi connectivity index (χ4v) is 3.95. The van der Waals surface area contributed by atoms with E-state index in [1.54, 1.807) is 35.1 Å². The van der Waals surface area contributed by atoms with Crippen LogP contribution in [-0.2, 0) is 6.54 Å². The molecule has 0 aliphatic heterocycles. The number of aryl methyl sites for hydroxylation is 1. The van der Waals surface area contributed by atoms with Gasteiger partial charge in [-0.1, -0.05) is 12.1 Å². The van der Waals surface area contributed by atoms with Crippen LogP contribution in [0, 0.1) is 19.7 Å². The average molecular weight is 380 g/mol. The van der Waals surface area contributed by atoms with Gasteiger partial charge in [0.15, 0.2) is 0 Å². The number of fused-ring (bicyclic) bond motifs is 1.